The van der Waals surface area contributed by atoms with Crippen molar-refractivity contribution in [2.24, 2.45) is 0 Å². The zero-order valence-corrected chi connectivity index (χ0v) is 7.43. The summed E-state index contributed by atoms with van der Waals surface area (Å²) in [5.74, 6) is 0. The molecule has 2 rings (SSSR count). The molecule has 0 N–H and O–H groups in total. The molecule has 0 bridgehead atoms. The van der Waals surface area contributed by atoms with E-state index in [1.54, 1.807) is 6.07 Å². The lowest BCUT2D eigenvalue weighted by Crippen LogP contribution is -1.89. The number of rotatable bonds is 1. The van der Waals surface area contributed by atoms with E-state index in [1.165, 1.54) is 6.07 Å². The van der Waals surface area contributed by atoms with E-state index >= 15 is 0 Å². The molecular formula is C11H8NO2. The highest BCUT2D eigenvalue weighted by molar-refractivity contribution is 5.88. The van der Waals surface area contributed by atoms with Crippen LogP contribution in [-0.2, 0) is 0 Å². The molecule has 0 saturated heterocycles. The number of nitro benzene ring substituents is 1. The van der Waals surface area contributed by atoms with Crippen LogP contribution in [-0.4, -0.2) is 4.92 Å². The minimum absolute atomic E-state index is 0.0914. The Labute approximate surface area is 81.1 Å². The minimum Gasteiger partial charge on any atom is -0.258 e. The summed E-state index contributed by atoms with van der Waals surface area (Å²) in [6.45, 7) is 3.79. The van der Waals surface area contributed by atoms with Crippen LogP contribution in [0.2, 0.25) is 0 Å². The van der Waals surface area contributed by atoms with Crippen LogP contribution in [0.25, 0.3) is 10.8 Å². The predicted molar refractivity (Wildman–Crippen MR) is 55.1 cm³/mol. The monoisotopic (exact) mass is 186 g/mol. The van der Waals surface area contributed by atoms with Crippen molar-refractivity contribution < 1.29 is 4.92 Å². The van der Waals surface area contributed by atoms with E-state index in [1.807, 2.05) is 24.3 Å². The average Bonchev–Trinajstić information content (AvgIpc) is 2.17. The lowest BCUT2D eigenvalue weighted by Gasteiger charge is -2.01. The molecule has 3 nitrogen and oxygen atoms in total. The highest BCUT2D eigenvalue weighted by Crippen LogP contribution is 2.24. The Morgan fingerprint density at radius 1 is 1.21 bits per heavy atom. The molecule has 3 heteroatoms. The molecule has 0 aliphatic carbocycles. The summed E-state index contributed by atoms with van der Waals surface area (Å²) in [7, 11) is 0. The maximum absolute atomic E-state index is 10.6. The first-order valence-electron chi connectivity index (χ1n) is 4.17. The van der Waals surface area contributed by atoms with Gasteiger partial charge in [0.2, 0.25) is 0 Å². The van der Waals surface area contributed by atoms with Crippen molar-refractivity contribution in [2.75, 3.05) is 0 Å². The van der Waals surface area contributed by atoms with Crippen LogP contribution in [0.4, 0.5) is 5.69 Å². The minimum atomic E-state index is -0.402. The highest BCUT2D eigenvalue weighted by atomic mass is 16.6. The van der Waals surface area contributed by atoms with Crippen LogP contribution in [0, 0.1) is 17.0 Å². The fraction of sp³-hybridized carbons (Fsp3) is 0. The number of nitrogens with zero attached hydrogens (tertiary/aromatic N) is 1. The summed E-state index contributed by atoms with van der Waals surface area (Å²) in [6, 6.07) is 10.5. The van der Waals surface area contributed by atoms with Gasteiger partial charge in [-0.1, -0.05) is 24.3 Å². The number of hydrogen-bond acceptors (Lipinski definition) is 2. The van der Waals surface area contributed by atoms with Crippen molar-refractivity contribution >= 4 is 16.5 Å². The summed E-state index contributed by atoms with van der Waals surface area (Å²) in [5.41, 5.74) is 0.781. The Kier molecular flexibility index (Phi) is 1.93. The standard InChI is InChI=1S/C11H8NO2/c1-8-6-10(12(13)14)7-9-4-2-3-5-11(8)9/h2-7H,1H2. The predicted octanol–water partition coefficient (Wildman–Crippen LogP) is 2.93. The zero-order valence-electron chi connectivity index (χ0n) is 7.43. The number of hydrogen-bond donors (Lipinski definition) is 0. The van der Waals surface area contributed by atoms with Gasteiger partial charge in [-0.2, -0.15) is 0 Å². The van der Waals surface area contributed by atoms with Crippen LogP contribution < -0.4 is 0 Å². The summed E-state index contributed by atoms with van der Waals surface area (Å²) in [4.78, 5) is 10.2. The van der Waals surface area contributed by atoms with E-state index in [0.717, 1.165) is 10.8 Å². The molecule has 69 valence electrons. The Morgan fingerprint density at radius 2 is 1.93 bits per heavy atom. The second-order valence-corrected chi connectivity index (χ2v) is 3.08. The fourth-order valence-corrected chi connectivity index (χ4v) is 1.48. The van der Waals surface area contributed by atoms with Crippen molar-refractivity contribution in [1.29, 1.82) is 0 Å². The lowest BCUT2D eigenvalue weighted by molar-refractivity contribution is -0.384. The first-order valence-corrected chi connectivity index (χ1v) is 4.17. The molecule has 0 aromatic heterocycles. The molecular weight excluding hydrogens is 178 g/mol. The van der Waals surface area contributed by atoms with Gasteiger partial charge in [0.25, 0.3) is 5.69 Å². The van der Waals surface area contributed by atoms with E-state index in [0.29, 0.717) is 5.56 Å². The molecule has 0 fully saturated rings. The zero-order chi connectivity index (χ0) is 10.1. The van der Waals surface area contributed by atoms with E-state index in [2.05, 4.69) is 6.92 Å². The van der Waals surface area contributed by atoms with Crippen LogP contribution in [0.1, 0.15) is 5.56 Å². The molecule has 0 atom stereocenters. The number of non-ortho nitro benzene ring substituents is 1. The van der Waals surface area contributed by atoms with E-state index in [9.17, 15) is 10.1 Å². The van der Waals surface area contributed by atoms with Crippen molar-refractivity contribution in [2.45, 2.75) is 0 Å². The summed E-state index contributed by atoms with van der Waals surface area (Å²) in [5, 5.41) is 12.4. The molecule has 0 aliphatic rings. The van der Waals surface area contributed by atoms with Crippen LogP contribution in [0.3, 0.4) is 0 Å². The topological polar surface area (TPSA) is 43.1 Å². The number of benzene rings is 2. The second kappa shape index (κ2) is 3.10. The highest BCUT2D eigenvalue weighted by Gasteiger charge is 2.08. The van der Waals surface area contributed by atoms with Gasteiger partial charge in [0.1, 0.15) is 0 Å². The number of nitro groups is 1. The van der Waals surface area contributed by atoms with Gasteiger partial charge >= 0.3 is 0 Å². The molecule has 0 saturated carbocycles. The second-order valence-electron chi connectivity index (χ2n) is 3.08. The van der Waals surface area contributed by atoms with E-state index in [4.69, 9.17) is 0 Å². The largest absolute Gasteiger partial charge is 0.270 e. The van der Waals surface area contributed by atoms with Gasteiger partial charge < -0.3 is 0 Å². The third-order valence-corrected chi connectivity index (χ3v) is 2.14. The molecule has 0 spiro atoms. The first kappa shape index (κ1) is 8.69. The van der Waals surface area contributed by atoms with Gasteiger partial charge in [0, 0.05) is 12.1 Å². The maximum atomic E-state index is 10.6. The molecule has 0 aliphatic heterocycles. The molecule has 2 aromatic rings. The normalized spacial score (nSPS) is 10.4. The van der Waals surface area contributed by atoms with Gasteiger partial charge in [-0.15, -0.1) is 0 Å². The third-order valence-electron chi connectivity index (χ3n) is 2.14. The Morgan fingerprint density at radius 3 is 2.64 bits per heavy atom. The van der Waals surface area contributed by atoms with Crippen LogP contribution in [0.5, 0.6) is 0 Å². The molecule has 0 amide bonds. The summed E-state index contributed by atoms with van der Waals surface area (Å²) >= 11 is 0. The Bertz CT molecular complexity index is 506. The smallest absolute Gasteiger partial charge is 0.258 e. The van der Waals surface area contributed by atoms with Gasteiger partial charge in [-0.25, -0.2) is 0 Å². The third kappa shape index (κ3) is 1.33. The van der Waals surface area contributed by atoms with Gasteiger partial charge in [0.15, 0.2) is 0 Å². The lowest BCUT2D eigenvalue weighted by atomic mass is 10.0. The molecule has 0 heterocycles. The van der Waals surface area contributed by atoms with Gasteiger partial charge in [-0.3, -0.25) is 10.1 Å². The van der Waals surface area contributed by atoms with Gasteiger partial charge in [0.05, 0.1) is 4.92 Å². The first-order chi connectivity index (χ1) is 6.68. The Hall–Kier alpha value is -1.90. The molecule has 14 heavy (non-hydrogen) atoms. The van der Waals surface area contributed by atoms with Crippen molar-refractivity contribution in [3.05, 3.63) is 59.0 Å². The van der Waals surface area contributed by atoms with Gasteiger partial charge in [-0.05, 0) is 23.3 Å². The SMILES string of the molecule is [CH2]c1cc([N+](=O)[O-])cc2ccccc12. The van der Waals surface area contributed by atoms with Crippen LogP contribution >= 0.6 is 0 Å². The molecule has 0 unspecified atom stereocenters. The molecule has 1 radical (unpaired) electrons. The van der Waals surface area contributed by atoms with Crippen LogP contribution in [0.15, 0.2) is 36.4 Å². The van der Waals surface area contributed by atoms with Crippen molar-refractivity contribution in [1.82, 2.24) is 0 Å². The summed E-state index contributed by atoms with van der Waals surface area (Å²) < 4.78 is 0. The fourth-order valence-electron chi connectivity index (χ4n) is 1.48. The number of fused-ring (bicyclic) bond motifs is 1. The quantitative estimate of drug-likeness (QED) is 0.507. The molecule has 2 aromatic carbocycles. The van der Waals surface area contributed by atoms with E-state index in [-0.39, 0.29) is 5.69 Å². The van der Waals surface area contributed by atoms with Crippen molar-refractivity contribution in [3.8, 4) is 0 Å². The average molecular weight is 186 g/mol. The maximum Gasteiger partial charge on any atom is 0.270 e. The Balaban J connectivity index is 2.78. The van der Waals surface area contributed by atoms with E-state index < -0.39 is 4.92 Å². The summed E-state index contributed by atoms with van der Waals surface area (Å²) in [6.07, 6.45) is 0. The van der Waals surface area contributed by atoms with Crippen molar-refractivity contribution in [3.63, 3.8) is 0 Å².